The Labute approximate surface area is 183 Å². The van der Waals surface area contributed by atoms with Crippen molar-refractivity contribution in [1.29, 1.82) is 0 Å². The second-order valence-electron chi connectivity index (χ2n) is 9.58. The van der Waals surface area contributed by atoms with E-state index in [1.165, 1.54) is 21.7 Å². The molecule has 3 aliphatic carbocycles. The van der Waals surface area contributed by atoms with Gasteiger partial charge in [0.05, 0.1) is 11.8 Å². The number of rotatable bonds is 4. The molecule has 2 aliphatic heterocycles. The lowest BCUT2D eigenvalue weighted by atomic mass is 9.63. The number of piperazine rings is 1. The van der Waals surface area contributed by atoms with Crippen LogP contribution in [0.2, 0.25) is 0 Å². The van der Waals surface area contributed by atoms with E-state index >= 15 is 0 Å². The predicted molar refractivity (Wildman–Crippen MR) is 118 cm³/mol. The fourth-order valence-electron chi connectivity index (χ4n) is 5.98. The average Bonchev–Trinajstić information content (AvgIpc) is 3.06. The number of allylic oxidation sites excluding steroid dienone is 2. The van der Waals surface area contributed by atoms with Crippen LogP contribution >= 0.6 is 0 Å². The predicted octanol–water partition coefficient (Wildman–Crippen LogP) is 2.54. The van der Waals surface area contributed by atoms with Gasteiger partial charge < -0.3 is 9.80 Å². The lowest BCUT2D eigenvalue weighted by molar-refractivity contribution is -0.141. The van der Waals surface area contributed by atoms with Crippen LogP contribution in [0.15, 0.2) is 30.4 Å². The van der Waals surface area contributed by atoms with Crippen LogP contribution in [0.4, 0.5) is 5.69 Å². The van der Waals surface area contributed by atoms with Crippen molar-refractivity contribution in [2.45, 2.75) is 33.1 Å². The number of hydrogen-bond acceptors (Lipinski definition) is 4. The van der Waals surface area contributed by atoms with Crippen molar-refractivity contribution in [2.24, 2.45) is 23.7 Å². The van der Waals surface area contributed by atoms with E-state index in [1.54, 1.807) is 0 Å². The van der Waals surface area contributed by atoms with Gasteiger partial charge in [0.25, 0.3) is 0 Å². The van der Waals surface area contributed by atoms with Gasteiger partial charge in [-0.25, -0.2) is 0 Å². The zero-order valence-electron chi connectivity index (χ0n) is 18.4. The van der Waals surface area contributed by atoms with Crippen molar-refractivity contribution >= 4 is 23.4 Å². The second-order valence-corrected chi connectivity index (χ2v) is 9.58. The van der Waals surface area contributed by atoms with Crippen LogP contribution in [0, 0.1) is 37.5 Å². The summed E-state index contributed by atoms with van der Waals surface area (Å²) < 4.78 is 0. The van der Waals surface area contributed by atoms with Crippen LogP contribution in [0.1, 0.15) is 30.4 Å². The van der Waals surface area contributed by atoms with E-state index in [1.807, 2.05) is 4.90 Å². The van der Waals surface area contributed by atoms with E-state index in [0.717, 1.165) is 25.9 Å². The van der Waals surface area contributed by atoms with Gasteiger partial charge in [0.2, 0.25) is 17.7 Å². The first-order valence-corrected chi connectivity index (χ1v) is 11.6. The second kappa shape index (κ2) is 7.81. The molecule has 2 bridgehead atoms. The summed E-state index contributed by atoms with van der Waals surface area (Å²) in [6.07, 6.45) is 6.48. The molecule has 31 heavy (non-hydrogen) atoms. The maximum atomic E-state index is 12.9. The van der Waals surface area contributed by atoms with E-state index in [9.17, 15) is 14.4 Å². The molecule has 0 N–H and O–H groups in total. The smallest absolute Gasteiger partial charge is 0.233 e. The highest BCUT2D eigenvalue weighted by atomic mass is 16.2. The number of amides is 3. The minimum absolute atomic E-state index is 0.0391. The van der Waals surface area contributed by atoms with Crippen LogP contribution in [0.3, 0.4) is 0 Å². The summed E-state index contributed by atoms with van der Waals surface area (Å²) >= 11 is 0. The number of benzene rings is 1. The molecule has 1 aromatic rings. The van der Waals surface area contributed by atoms with E-state index in [-0.39, 0.29) is 54.4 Å². The summed E-state index contributed by atoms with van der Waals surface area (Å²) in [6.45, 7) is 7.39. The van der Waals surface area contributed by atoms with Gasteiger partial charge in [-0.15, -0.1) is 0 Å². The van der Waals surface area contributed by atoms with Crippen LogP contribution in [0.5, 0.6) is 0 Å². The number of aryl methyl sites for hydroxylation is 2. The number of carbonyl (C=O) groups is 3. The molecule has 1 aromatic carbocycles. The molecule has 164 valence electrons. The van der Waals surface area contributed by atoms with Gasteiger partial charge in [0.1, 0.15) is 0 Å². The van der Waals surface area contributed by atoms with Crippen LogP contribution < -0.4 is 4.90 Å². The van der Waals surface area contributed by atoms with Crippen LogP contribution in [0.25, 0.3) is 0 Å². The highest BCUT2D eigenvalue weighted by Gasteiger charge is 2.56. The highest BCUT2D eigenvalue weighted by molar-refractivity contribution is 6.06. The van der Waals surface area contributed by atoms with Gasteiger partial charge in [-0.05, 0) is 55.7 Å². The standard InChI is InChI=1S/C25H31N3O3/c1-16-3-4-17(2)20(15-16)26-11-13-27(14-12-26)21(29)9-10-28-24(30)22-18-5-6-19(8-7-18)23(22)25(28)31/h3-6,15,18-19,22-23H,7-14H2,1-2H3. The Morgan fingerprint density at radius 3 is 2.13 bits per heavy atom. The fraction of sp³-hybridized carbons (Fsp3) is 0.560. The van der Waals surface area contributed by atoms with Crippen LogP contribution in [-0.4, -0.2) is 60.2 Å². The molecule has 2 heterocycles. The van der Waals surface area contributed by atoms with Crippen molar-refractivity contribution in [3.8, 4) is 0 Å². The molecule has 3 amide bonds. The highest BCUT2D eigenvalue weighted by Crippen LogP contribution is 2.49. The molecular weight excluding hydrogens is 390 g/mol. The van der Waals surface area contributed by atoms with E-state index in [4.69, 9.17) is 0 Å². The van der Waals surface area contributed by atoms with Crippen LogP contribution in [-0.2, 0) is 14.4 Å². The van der Waals surface area contributed by atoms with Gasteiger partial charge >= 0.3 is 0 Å². The SMILES string of the molecule is Cc1ccc(C)c(N2CCN(C(=O)CCN3C(=O)C4C5C=CC(CC5)C4C3=O)CC2)c1. The van der Waals surface area contributed by atoms with E-state index in [2.05, 4.69) is 49.1 Å². The van der Waals surface area contributed by atoms with E-state index in [0.29, 0.717) is 13.1 Å². The van der Waals surface area contributed by atoms with Gasteiger partial charge in [0, 0.05) is 44.8 Å². The first-order chi connectivity index (χ1) is 14.9. The van der Waals surface area contributed by atoms with Gasteiger partial charge in [-0.2, -0.15) is 0 Å². The molecule has 6 heteroatoms. The Balaban J connectivity index is 1.16. The summed E-state index contributed by atoms with van der Waals surface area (Å²) in [4.78, 5) is 44.3. The number of anilines is 1. The third-order valence-corrected chi connectivity index (χ3v) is 7.74. The third kappa shape index (κ3) is 3.46. The lowest BCUT2D eigenvalue weighted by Gasteiger charge is -2.38. The molecule has 0 spiro atoms. The Morgan fingerprint density at radius 2 is 1.55 bits per heavy atom. The molecule has 5 aliphatic rings. The molecule has 6 rings (SSSR count). The maximum absolute atomic E-state index is 12.9. The first kappa shape index (κ1) is 20.3. The fourth-order valence-corrected chi connectivity index (χ4v) is 5.98. The number of hydrogen-bond donors (Lipinski definition) is 0. The molecular formula is C25H31N3O3. The summed E-state index contributed by atoms with van der Waals surface area (Å²) in [7, 11) is 0. The summed E-state index contributed by atoms with van der Waals surface area (Å²) in [5, 5.41) is 0. The number of likely N-dealkylation sites (tertiary alicyclic amines) is 1. The largest absolute Gasteiger partial charge is 0.368 e. The third-order valence-electron chi connectivity index (χ3n) is 7.74. The zero-order chi connectivity index (χ0) is 21.7. The Bertz CT molecular complexity index is 915. The summed E-state index contributed by atoms with van der Waals surface area (Å²) in [6, 6.07) is 6.47. The normalized spacial score (nSPS) is 29.7. The van der Waals surface area contributed by atoms with Gasteiger partial charge in [-0.3, -0.25) is 19.3 Å². The number of fused-ring (bicyclic) bond motifs is 1. The number of imide groups is 1. The number of nitrogens with zero attached hydrogens (tertiary/aromatic N) is 3. The van der Waals surface area contributed by atoms with E-state index < -0.39 is 0 Å². The minimum Gasteiger partial charge on any atom is -0.368 e. The maximum Gasteiger partial charge on any atom is 0.233 e. The first-order valence-electron chi connectivity index (χ1n) is 11.6. The van der Waals surface area contributed by atoms with Crippen molar-refractivity contribution in [2.75, 3.05) is 37.6 Å². The molecule has 6 nitrogen and oxygen atoms in total. The minimum atomic E-state index is -0.188. The Hall–Kier alpha value is -2.63. The zero-order valence-corrected chi connectivity index (χ0v) is 18.4. The Kier molecular flexibility index (Phi) is 5.11. The molecule has 0 radical (unpaired) electrons. The Morgan fingerprint density at radius 1 is 0.935 bits per heavy atom. The average molecular weight is 422 g/mol. The van der Waals surface area contributed by atoms with Crippen molar-refractivity contribution < 1.29 is 14.4 Å². The van der Waals surface area contributed by atoms with Crippen molar-refractivity contribution in [1.82, 2.24) is 9.80 Å². The quantitative estimate of drug-likeness (QED) is 0.554. The topological polar surface area (TPSA) is 60.9 Å². The van der Waals surface area contributed by atoms with Gasteiger partial charge in [0.15, 0.2) is 0 Å². The molecule has 2 saturated heterocycles. The van der Waals surface area contributed by atoms with Crippen molar-refractivity contribution in [3.05, 3.63) is 41.5 Å². The molecule has 4 unspecified atom stereocenters. The molecule has 4 atom stereocenters. The van der Waals surface area contributed by atoms with Gasteiger partial charge in [-0.1, -0.05) is 24.3 Å². The summed E-state index contributed by atoms with van der Waals surface area (Å²) in [5.41, 5.74) is 3.73. The van der Waals surface area contributed by atoms with Crippen molar-refractivity contribution in [3.63, 3.8) is 0 Å². The molecule has 0 aromatic heterocycles. The number of carbonyl (C=O) groups excluding carboxylic acids is 3. The summed E-state index contributed by atoms with van der Waals surface area (Å²) in [5.74, 6) is -0.0454. The molecule has 1 saturated carbocycles. The lowest BCUT2D eigenvalue weighted by Crippen LogP contribution is -2.49. The monoisotopic (exact) mass is 421 g/mol. The molecule has 3 fully saturated rings.